The lowest BCUT2D eigenvalue weighted by Crippen LogP contribution is -2.49. The summed E-state index contributed by atoms with van der Waals surface area (Å²) < 4.78 is 31.6. The summed E-state index contributed by atoms with van der Waals surface area (Å²) in [5, 5.41) is 2.95. The monoisotopic (exact) mass is 531 g/mol. The molecule has 2 amide bonds. The Hall–Kier alpha value is -3.07. The van der Waals surface area contributed by atoms with Crippen LogP contribution in [-0.4, -0.2) is 57.1 Å². The van der Waals surface area contributed by atoms with Crippen LogP contribution in [-0.2, 0) is 26.2 Å². The molecule has 0 aromatic heterocycles. The van der Waals surface area contributed by atoms with Gasteiger partial charge in [-0.2, -0.15) is 0 Å². The first kappa shape index (κ1) is 30.2. The van der Waals surface area contributed by atoms with Crippen molar-refractivity contribution in [1.82, 2.24) is 10.2 Å². The Balaban J connectivity index is 2.19. The summed E-state index contributed by atoms with van der Waals surface area (Å²) >= 11 is 0. The fraction of sp³-hybridized carbons (Fsp3) is 0.500. The Bertz CT molecular complexity index is 1160. The lowest BCUT2D eigenvalue weighted by molar-refractivity contribution is -0.140. The second kappa shape index (κ2) is 13.5. The largest absolute Gasteiger partial charge is 0.497 e. The van der Waals surface area contributed by atoms with E-state index in [0.29, 0.717) is 17.9 Å². The molecule has 0 saturated carbocycles. The van der Waals surface area contributed by atoms with Gasteiger partial charge in [0.1, 0.15) is 11.8 Å². The third-order valence-electron chi connectivity index (χ3n) is 6.61. The molecule has 37 heavy (non-hydrogen) atoms. The van der Waals surface area contributed by atoms with Gasteiger partial charge in [0.2, 0.25) is 21.8 Å². The van der Waals surface area contributed by atoms with Gasteiger partial charge in [-0.1, -0.05) is 25.1 Å². The van der Waals surface area contributed by atoms with Crippen LogP contribution in [0, 0.1) is 13.8 Å². The van der Waals surface area contributed by atoms with E-state index in [4.69, 9.17) is 4.74 Å². The van der Waals surface area contributed by atoms with E-state index in [9.17, 15) is 18.0 Å². The second-order valence-electron chi connectivity index (χ2n) is 9.57. The highest BCUT2D eigenvalue weighted by molar-refractivity contribution is 7.92. The number of aryl methyl sites for hydroxylation is 2. The summed E-state index contributed by atoms with van der Waals surface area (Å²) in [6.07, 6.45) is 2.37. The van der Waals surface area contributed by atoms with Crippen LogP contribution in [0.25, 0.3) is 0 Å². The van der Waals surface area contributed by atoms with Crippen LogP contribution in [0.4, 0.5) is 5.69 Å². The predicted octanol–water partition coefficient (Wildman–Crippen LogP) is 4.19. The summed E-state index contributed by atoms with van der Waals surface area (Å²) in [5.74, 6) is 0.275. The molecule has 1 N–H and O–H groups in total. The highest BCUT2D eigenvalue weighted by Gasteiger charge is 2.27. The number of carbonyl (C=O) groups is 2. The number of anilines is 1. The van der Waals surface area contributed by atoms with Crippen molar-refractivity contribution in [1.29, 1.82) is 0 Å². The zero-order valence-electron chi connectivity index (χ0n) is 23.1. The summed E-state index contributed by atoms with van der Waals surface area (Å²) in [5.41, 5.74) is 3.51. The van der Waals surface area contributed by atoms with Gasteiger partial charge in [0.05, 0.1) is 19.1 Å². The lowest BCUT2D eigenvalue weighted by Gasteiger charge is -2.30. The number of methoxy groups -OCH3 is 1. The normalized spacial score (nSPS) is 12.9. The minimum atomic E-state index is -3.53. The Morgan fingerprint density at radius 1 is 1.03 bits per heavy atom. The number of nitrogens with one attached hydrogen (secondary N) is 1. The molecule has 0 aliphatic rings. The Kier molecular flexibility index (Phi) is 11.0. The van der Waals surface area contributed by atoms with Crippen LogP contribution in [0.2, 0.25) is 0 Å². The van der Waals surface area contributed by atoms with Gasteiger partial charge >= 0.3 is 0 Å². The molecule has 2 atom stereocenters. The highest BCUT2D eigenvalue weighted by Crippen LogP contribution is 2.22. The van der Waals surface area contributed by atoms with Crippen molar-refractivity contribution >= 4 is 27.5 Å². The molecule has 0 radical (unpaired) electrons. The van der Waals surface area contributed by atoms with E-state index < -0.39 is 16.1 Å². The quantitative estimate of drug-likeness (QED) is 0.418. The number of amides is 2. The number of nitrogens with zero attached hydrogens (tertiary/aromatic N) is 2. The summed E-state index contributed by atoms with van der Waals surface area (Å²) in [6.45, 7) is 9.95. The summed E-state index contributed by atoms with van der Waals surface area (Å²) in [6, 6.07) is 12.2. The van der Waals surface area contributed by atoms with Gasteiger partial charge in [-0.25, -0.2) is 8.42 Å². The predicted molar refractivity (Wildman–Crippen MR) is 148 cm³/mol. The molecule has 2 rings (SSSR count). The van der Waals surface area contributed by atoms with Gasteiger partial charge in [-0.3, -0.25) is 13.9 Å². The number of benzene rings is 2. The number of rotatable bonds is 13. The zero-order valence-corrected chi connectivity index (χ0v) is 23.9. The highest BCUT2D eigenvalue weighted by atomic mass is 32.2. The van der Waals surface area contributed by atoms with Crippen molar-refractivity contribution in [2.24, 2.45) is 0 Å². The molecule has 0 spiro atoms. The SMILES string of the molecule is CC[C@@H](C)NC(=O)[C@@H](C)N(Cc1ccc(OC)cc1)C(=O)CCCN(c1ccc(C)c(C)c1)S(C)(=O)=O. The smallest absolute Gasteiger partial charge is 0.242 e. The molecule has 2 aromatic carbocycles. The lowest BCUT2D eigenvalue weighted by atomic mass is 10.1. The van der Waals surface area contributed by atoms with Crippen molar-refractivity contribution in [3.63, 3.8) is 0 Å². The average molecular weight is 532 g/mol. The van der Waals surface area contributed by atoms with Crippen LogP contribution >= 0.6 is 0 Å². The maximum absolute atomic E-state index is 13.4. The molecule has 0 unspecified atom stereocenters. The van der Waals surface area contributed by atoms with E-state index >= 15 is 0 Å². The summed E-state index contributed by atoms with van der Waals surface area (Å²) in [7, 11) is -1.95. The van der Waals surface area contributed by atoms with Crippen molar-refractivity contribution in [2.45, 2.75) is 72.5 Å². The van der Waals surface area contributed by atoms with Crippen molar-refractivity contribution < 1.29 is 22.7 Å². The number of carbonyl (C=O) groups excluding carboxylic acids is 2. The van der Waals surface area contributed by atoms with Gasteiger partial charge in [-0.05, 0) is 81.5 Å². The van der Waals surface area contributed by atoms with E-state index in [-0.39, 0.29) is 37.4 Å². The standard InChI is InChI=1S/C28H41N3O5S/c1-8-22(4)29-28(33)23(5)30(19-24-12-15-26(36-6)16-13-24)27(32)10-9-17-31(37(7,34)35)25-14-11-20(2)21(3)18-25/h11-16,18,22-23H,8-10,17,19H2,1-7H3,(H,29,33)/t22-,23-/m1/s1. The molecule has 8 nitrogen and oxygen atoms in total. The fourth-order valence-corrected chi connectivity index (χ4v) is 4.82. The third-order valence-corrected chi connectivity index (χ3v) is 7.81. The first-order chi connectivity index (χ1) is 17.4. The maximum Gasteiger partial charge on any atom is 0.242 e. The molecule has 0 saturated heterocycles. The Labute approximate surface area is 222 Å². The number of hydrogen-bond donors (Lipinski definition) is 1. The Morgan fingerprint density at radius 2 is 1.68 bits per heavy atom. The molecule has 0 heterocycles. The molecular weight excluding hydrogens is 490 g/mol. The topological polar surface area (TPSA) is 96.0 Å². The molecular formula is C28H41N3O5S. The average Bonchev–Trinajstić information content (AvgIpc) is 2.85. The molecule has 0 aliphatic carbocycles. The third kappa shape index (κ3) is 8.77. The molecule has 0 fully saturated rings. The first-order valence-corrected chi connectivity index (χ1v) is 14.5. The molecule has 9 heteroatoms. The van der Waals surface area contributed by atoms with Crippen LogP contribution in [0.15, 0.2) is 42.5 Å². The van der Waals surface area contributed by atoms with Crippen LogP contribution in [0.3, 0.4) is 0 Å². The Morgan fingerprint density at radius 3 is 2.22 bits per heavy atom. The van der Waals surface area contributed by atoms with Gasteiger partial charge in [-0.15, -0.1) is 0 Å². The van der Waals surface area contributed by atoms with Crippen LogP contribution in [0.1, 0.15) is 56.7 Å². The minimum absolute atomic E-state index is 0.00540. The van der Waals surface area contributed by atoms with Crippen molar-refractivity contribution in [3.05, 3.63) is 59.2 Å². The summed E-state index contributed by atoms with van der Waals surface area (Å²) in [4.78, 5) is 27.8. The van der Waals surface area contributed by atoms with Gasteiger partial charge in [0, 0.05) is 25.6 Å². The van der Waals surface area contributed by atoms with E-state index in [2.05, 4.69) is 5.32 Å². The molecule has 2 aromatic rings. The fourth-order valence-electron chi connectivity index (χ4n) is 3.86. The van der Waals surface area contributed by atoms with Crippen molar-refractivity contribution in [3.8, 4) is 5.75 Å². The van der Waals surface area contributed by atoms with Gasteiger partial charge < -0.3 is 15.0 Å². The number of sulfonamides is 1. The second-order valence-corrected chi connectivity index (χ2v) is 11.5. The minimum Gasteiger partial charge on any atom is -0.497 e. The molecule has 0 aliphatic heterocycles. The molecule has 0 bridgehead atoms. The maximum atomic E-state index is 13.4. The van der Waals surface area contributed by atoms with Crippen LogP contribution < -0.4 is 14.4 Å². The number of hydrogen-bond acceptors (Lipinski definition) is 5. The van der Waals surface area contributed by atoms with E-state index in [1.165, 1.54) is 10.6 Å². The first-order valence-electron chi connectivity index (χ1n) is 12.6. The van der Waals surface area contributed by atoms with Gasteiger partial charge in [0.15, 0.2) is 0 Å². The number of ether oxygens (including phenoxy) is 1. The zero-order chi connectivity index (χ0) is 27.8. The van der Waals surface area contributed by atoms with E-state index in [1.807, 2.05) is 64.1 Å². The molecule has 204 valence electrons. The van der Waals surface area contributed by atoms with Crippen LogP contribution in [0.5, 0.6) is 5.75 Å². The van der Waals surface area contributed by atoms with Crippen molar-refractivity contribution in [2.75, 3.05) is 24.2 Å². The van der Waals surface area contributed by atoms with E-state index in [0.717, 1.165) is 23.1 Å². The van der Waals surface area contributed by atoms with E-state index in [1.54, 1.807) is 25.0 Å². The van der Waals surface area contributed by atoms with Gasteiger partial charge in [0.25, 0.3) is 0 Å².